The Kier molecular flexibility index (Phi) is 2.69. The van der Waals surface area contributed by atoms with Crippen LogP contribution in [0.15, 0.2) is 30.6 Å². The van der Waals surface area contributed by atoms with Crippen molar-refractivity contribution in [2.45, 2.75) is 0 Å². The second-order valence-corrected chi connectivity index (χ2v) is 4.28. The zero-order valence-corrected chi connectivity index (χ0v) is 9.97. The molecule has 1 aromatic heterocycles. The van der Waals surface area contributed by atoms with E-state index in [1.807, 2.05) is 6.20 Å². The number of aromatic nitrogens is 2. The SMILES string of the molecule is Fc1ccc(-n2cc[nH]c2=S)c(I)c1. The minimum Gasteiger partial charge on any atom is -0.337 e. The highest BCUT2D eigenvalue weighted by atomic mass is 127. The number of nitrogens with one attached hydrogen (secondary N) is 1. The van der Waals surface area contributed by atoms with Crippen LogP contribution >= 0.6 is 34.8 Å². The molecule has 0 saturated heterocycles. The number of hydrogen-bond donors (Lipinski definition) is 1. The van der Waals surface area contributed by atoms with Crippen LogP contribution in [0.2, 0.25) is 0 Å². The molecule has 5 heteroatoms. The fourth-order valence-electron chi connectivity index (χ4n) is 1.19. The molecule has 0 amide bonds. The molecule has 2 rings (SSSR count). The van der Waals surface area contributed by atoms with Crippen LogP contribution in [0.25, 0.3) is 5.69 Å². The summed E-state index contributed by atoms with van der Waals surface area (Å²) in [6, 6.07) is 4.61. The van der Waals surface area contributed by atoms with Crippen LogP contribution < -0.4 is 0 Å². The number of benzene rings is 1. The van der Waals surface area contributed by atoms with Gasteiger partial charge in [-0.3, -0.25) is 4.57 Å². The van der Waals surface area contributed by atoms with E-state index in [4.69, 9.17) is 12.2 Å². The highest BCUT2D eigenvalue weighted by molar-refractivity contribution is 14.1. The zero-order chi connectivity index (χ0) is 10.1. The molecule has 1 aromatic carbocycles. The molecule has 14 heavy (non-hydrogen) atoms. The topological polar surface area (TPSA) is 20.7 Å². The molecule has 0 aliphatic heterocycles. The van der Waals surface area contributed by atoms with Gasteiger partial charge in [0.25, 0.3) is 0 Å². The molecule has 0 fully saturated rings. The zero-order valence-electron chi connectivity index (χ0n) is 7.00. The van der Waals surface area contributed by atoms with E-state index < -0.39 is 0 Å². The van der Waals surface area contributed by atoms with Crippen molar-refractivity contribution in [2.75, 3.05) is 0 Å². The van der Waals surface area contributed by atoms with E-state index in [1.165, 1.54) is 12.1 Å². The second kappa shape index (κ2) is 3.82. The van der Waals surface area contributed by atoms with E-state index in [1.54, 1.807) is 16.8 Å². The number of hydrogen-bond acceptors (Lipinski definition) is 1. The minimum atomic E-state index is -0.236. The van der Waals surface area contributed by atoms with Crippen molar-refractivity contribution in [3.8, 4) is 5.69 Å². The van der Waals surface area contributed by atoms with E-state index in [9.17, 15) is 4.39 Å². The molecule has 72 valence electrons. The summed E-state index contributed by atoms with van der Waals surface area (Å²) in [6.45, 7) is 0. The molecule has 2 nitrogen and oxygen atoms in total. The first-order valence-corrected chi connectivity index (χ1v) is 5.38. The standard InChI is InChI=1S/C9H6FIN2S/c10-6-1-2-8(7(11)5-6)13-4-3-12-9(13)14/h1-5H,(H,12,14). The Morgan fingerprint density at radius 1 is 1.43 bits per heavy atom. The van der Waals surface area contributed by atoms with Crippen LogP contribution in [-0.4, -0.2) is 9.55 Å². The molecule has 1 N–H and O–H groups in total. The van der Waals surface area contributed by atoms with Gasteiger partial charge in [-0.1, -0.05) is 0 Å². The van der Waals surface area contributed by atoms with Crippen LogP contribution in [0.3, 0.4) is 0 Å². The Labute approximate surface area is 98.9 Å². The first kappa shape index (κ1) is 9.85. The van der Waals surface area contributed by atoms with Crippen LogP contribution in [0, 0.1) is 14.2 Å². The molecular weight excluding hydrogens is 314 g/mol. The highest BCUT2D eigenvalue weighted by Gasteiger charge is 2.03. The van der Waals surface area contributed by atoms with Crippen LogP contribution in [-0.2, 0) is 0 Å². The first-order chi connectivity index (χ1) is 6.68. The van der Waals surface area contributed by atoms with Crippen molar-refractivity contribution < 1.29 is 4.39 Å². The van der Waals surface area contributed by atoms with Gasteiger partial charge in [-0.15, -0.1) is 0 Å². The average Bonchev–Trinajstić information content (AvgIpc) is 2.52. The highest BCUT2D eigenvalue weighted by Crippen LogP contribution is 2.18. The summed E-state index contributed by atoms with van der Waals surface area (Å²) in [5.41, 5.74) is 0.887. The fourth-order valence-corrected chi connectivity index (χ4v) is 2.15. The van der Waals surface area contributed by atoms with Gasteiger partial charge < -0.3 is 4.98 Å². The summed E-state index contributed by atoms with van der Waals surface area (Å²) in [6.07, 6.45) is 3.57. The van der Waals surface area contributed by atoms with Crippen LogP contribution in [0.4, 0.5) is 4.39 Å². The van der Waals surface area contributed by atoms with Crippen molar-refractivity contribution in [2.24, 2.45) is 0 Å². The lowest BCUT2D eigenvalue weighted by Crippen LogP contribution is -1.95. The maximum absolute atomic E-state index is 12.8. The van der Waals surface area contributed by atoms with E-state index in [-0.39, 0.29) is 5.82 Å². The Balaban J connectivity index is 2.63. The number of aromatic amines is 1. The minimum absolute atomic E-state index is 0.236. The number of nitrogens with zero attached hydrogens (tertiary/aromatic N) is 1. The summed E-state index contributed by atoms with van der Waals surface area (Å²) < 4.78 is 16.1. The molecule has 0 aliphatic rings. The Bertz CT molecular complexity index is 518. The summed E-state index contributed by atoms with van der Waals surface area (Å²) in [4.78, 5) is 2.89. The molecule has 0 aliphatic carbocycles. The molecule has 0 saturated carbocycles. The molecule has 0 bridgehead atoms. The van der Waals surface area contributed by atoms with Crippen molar-refractivity contribution in [3.05, 3.63) is 44.8 Å². The van der Waals surface area contributed by atoms with Gasteiger partial charge in [0.15, 0.2) is 4.77 Å². The van der Waals surface area contributed by atoms with Gasteiger partial charge in [0.2, 0.25) is 0 Å². The van der Waals surface area contributed by atoms with Gasteiger partial charge in [-0.2, -0.15) is 0 Å². The van der Waals surface area contributed by atoms with Gasteiger partial charge in [-0.25, -0.2) is 4.39 Å². The third kappa shape index (κ3) is 1.74. The average molecular weight is 320 g/mol. The van der Waals surface area contributed by atoms with Crippen molar-refractivity contribution >= 4 is 34.8 Å². The summed E-state index contributed by atoms with van der Waals surface area (Å²) in [5, 5.41) is 0. The van der Waals surface area contributed by atoms with E-state index in [0.29, 0.717) is 4.77 Å². The predicted molar refractivity (Wildman–Crippen MR) is 63.6 cm³/mol. The number of H-pyrrole nitrogens is 1. The lowest BCUT2D eigenvalue weighted by atomic mass is 10.3. The maximum Gasteiger partial charge on any atom is 0.181 e. The molecule has 2 aromatic rings. The molecule has 0 unspecified atom stereocenters. The Morgan fingerprint density at radius 3 is 2.79 bits per heavy atom. The van der Waals surface area contributed by atoms with Crippen LogP contribution in [0.1, 0.15) is 0 Å². The first-order valence-electron chi connectivity index (χ1n) is 3.90. The van der Waals surface area contributed by atoms with Crippen molar-refractivity contribution in [1.82, 2.24) is 9.55 Å². The fraction of sp³-hybridized carbons (Fsp3) is 0. The third-order valence-electron chi connectivity index (χ3n) is 1.82. The second-order valence-electron chi connectivity index (χ2n) is 2.73. The number of imidazole rings is 1. The third-order valence-corrected chi connectivity index (χ3v) is 3.00. The van der Waals surface area contributed by atoms with E-state index in [2.05, 4.69) is 27.6 Å². The molecule has 0 spiro atoms. The van der Waals surface area contributed by atoms with Crippen molar-refractivity contribution in [3.63, 3.8) is 0 Å². The summed E-state index contributed by atoms with van der Waals surface area (Å²) in [5.74, 6) is -0.236. The predicted octanol–water partition coefficient (Wildman–Crippen LogP) is 3.28. The monoisotopic (exact) mass is 320 g/mol. The Hall–Kier alpha value is -0.690. The van der Waals surface area contributed by atoms with Gasteiger partial charge in [-0.05, 0) is 53.0 Å². The van der Waals surface area contributed by atoms with Gasteiger partial charge in [0.05, 0.1) is 5.69 Å². The molecular formula is C9H6FIN2S. The van der Waals surface area contributed by atoms with Gasteiger partial charge in [0.1, 0.15) is 5.82 Å². The number of halogens is 2. The van der Waals surface area contributed by atoms with Gasteiger partial charge >= 0.3 is 0 Å². The number of rotatable bonds is 1. The summed E-state index contributed by atoms with van der Waals surface area (Å²) >= 11 is 7.15. The normalized spacial score (nSPS) is 10.4. The van der Waals surface area contributed by atoms with E-state index >= 15 is 0 Å². The molecule has 0 atom stereocenters. The molecule has 1 heterocycles. The smallest absolute Gasteiger partial charge is 0.181 e. The van der Waals surface area contributed by atoms with Crippen LogP contribution in [0.5, 0.6) is 0 Å². The largest absolute Gasteiger partial charge is 0.337 e. The molecule has 0 radical (unpaired) electrons. The van der Waals surface area contributed by atoms with E-state index in [0.717, 1.165) is 9.26 Å². The maximum atomic E-state index is 12.8. The van der Waals surface area contributed by atoms with Crippen molar-refractivity contribution in [1.29, 1.82) is 0 Å². The lowest BCUT2D eigenvalue weighted by Gasteiger charge is -2.04. The summed E-state index contributed by atoms with van der Waals surface area (Å²) in [7, 11) is 0. The lowest BCUT2D eigenvalue weighted by molar-refractivity contribution is 0.626. The van der Waals surface area contributed by atoms with Gasteiger partial charge in [0, 0.05) is 16.0 Å². The quantitative estimate of drug-likeness (QED) is 0.632. The Morgan fingerprint density at radius 2 is 2.21 bits per heavy atom.